The molecule has 0 bridgehead atoms. The van der Waals surface area contributed by atoms with Gasteiger partial charge in [-0.2, -0.15) is 0 Å². The van der Waals surface area contributed by atoms with Crippen molar-refractivity contribution in [3.05, 3.63) is 102 Å². The summed E-state index contributed by atoms with van der Waals surface area (Å²) in [6.07, 6.45) is 5.42. The first-order chi connectivity index (χ1) is 31.3. The monoisotopic (exact) mass is 911 g/mol. The van der Waals surface area contributed by atoms with Crippen molar-refractivity contribution in [2.75, 3.05) is 41.5 Å². The SMILES string of the molecule is COC(=O)N[C@@H](Cc1ccc(OP(=O)(O)OC)cc1)C(=O)N1CCC[C@H]1c1ncc(-c2ccc(-c3ccc(C4=CN=C([C@@H]5CCCN5C(=O)[C@@H](NC(=O)OC)[C@@H](C)OC)C4)cc3)cc2)[nH]1. The number of carbonyl (C=O) groups excluding carboxylic acids is 4. The highest BCUT2D eigenvalue weighted by molar-refractivity contribution is 7.47. The van der Waals surface area contributed by atoms with Crippen molar-refractivity contribution in [3.63, 3.8) is 0 Å². The number of phosphoric ester groups is 1. The van der Waals surface area contributed by atoms with Crippen LogP contribution in [0.25, 0.3) is 28.0 Å². The van der Waals surface area contributed by atoms with Gasteiger partial charge in [0.2, 0.25) is 11.8 Å². The molecule has 344 valence electrons. The van der Waals surface area contributed by atoms with Gasteiger partial charge in [-0.3, -0.25) is 24.0 Å². The summed E-state index contributed by atoms with van der Waals surface area (Å²) in [5.74, 6) is 0.221. The number of aromatic amines is 1. The van der Waals surface area contributed by atoms with E-state index in [4.69, 9.17) is 23.7 Å². The van der Waals surface area contributed by atoms with E-state index in [0.29, 0.717) is 37.3 Å². The number of aliphatic imine (C=N–C) groups is 1. The lowest BCUT2D eigenvalue weighted by Crippen LogP contribution is -2.56. The molecule has 1 aromatic heterocycles. The van der Waals surface area contributed by atoms with Gasteiger partial charge in [-0.05, 0) is 78.1 Å². The zero-order valence-electron chi connectivity index (χ0n) is 36.9. The van der Waals surface area contributed by atoms with Gasteiger partial charge in [-0.25, -0.2) is 19.1 Å². The van der Waals surface area contributed by atoms with Crippen molar-refractivity contribution in [3.8, 4) is 28.1 Å². The van der Waals surface area contributed by atoms with E-state index in [1.807, 2.05) is 30.5 Å². The molecule has 0 spiro atoms. The predicted octanol–water partition coefficient (Wildman–Crippen LogP) is 6.44. The lowest BCUT2D eigenvalue weighted by molar-refractivity contribution is -0.136. The molecule has 4 heterocycles. The van der Waals surface area contributed by atoms with Crippen molar-refractivity contribution in [1.82, 2.24) is 30.4 Å². The number of hydrogen-bond donors (Lipinski definition) is 4. The average Bonchev–Trinajstić information content (AvgIpc) is 4.18. The maximum atomic E-state index is 14.1. The fraction of sp³-hybridized carbons (Fsp3) is 0.391. The number of allylic oxidation sites excluding steroid dienone is 1. The molecule has 4 amide bonds. The van der Waals surface area contributed by atoms with Gasteiger partial charge < -0.3 is 44.2 Å². The normalized spacial score (nSPS) is 19.4. The Hall–Kier alpha value is -6.33. The van der Waals surface area contributed by atoms with Crippen molar-refractivity contribution >= 4 is 43.1 Å². The first kappa shape index (κ1) is 46.7. The Labute approximate surface area is 377 Å². The van der Waals surface area contributed by atoms with Crippen LogP contribution in [0.1, 0.15) is 62.0 Å². The summed E-state index contributed by atoms with van der Waals surface area (Å²) < 4.78 is 36.3. The summed E-state index contributed by atoms with van der Waals surface area (Å²) in [6.45, 7) is 2.77. The van der Waals surface area contributed by atoms with E-state index >= 15 is 0 Å². The lowest BCUT2D eigenvalue weighted by atomic mass is 9.96. The number of likely N-dealkylation sites (tertiary alicyclic amines) is 2. The lowest BCUT2D eigenvalue weighted by Gasteiger charge is -2.31. The van der Waals surface area contributed by atoms with Crippen LogP contribution in [0.4, 0.5) is 9.59 Å². The molecule has 2 saturated heterocycles. The zero-order valence-corrected chi connectivity index (χ0v) is 37.8. The average molecular weight is 912 g/mol. The number of hydrogen-bond acceptors (Lipinski definition) is 12. The third-order valence-electron chi connectivity index (χ3n) is 12.1. The molecule has 1 unspecified atom stereocenters. The topological polar surface area (TPSA) is 223 Å². The molecular weight excluding hydrogens is 858 g/mol. The van der Waals surface area contributed by atoms with Gasteiger partial charge in [-0.1, -0.05) is 60.7 Å². The largest absolute Gasteiger partial charge is 0.527 e. The number of ether oxygens (including phenoxy) is 3. The van der Waals surface area contributed by atoms with Crippen LogP contribution in [0.15, 0.2) is 90.2 Å². The number of H-pyrrole nitrogens is 1. The smallest absolute Gasteiger partial charge is 0.453 e. The first-order valence-corrected chi connectivity index (χ1v) is 22.8. The summed E-state index contributed by atoms with van der Waals surface area (Å²) in [5, 5.41) is 5.30. The van der Waals surface area contributed by atoms with E-state index in [1.165, 1.54) is 33.5 Å². The molecule has 0 saturated carbocycles. The van der Waals surface area contributed by atoms with Gasteiger partial charge in [-0.15, -0.1) is 0 Å². The van der Waals surface area contributed by atoms with E-state index in [1.54, 1.807) is 35.1 Å². The number of alkyl carbamates (subject to hydrolysis) is 2. The summed E-state index contributed by atoms with van der Waals surface area (Å²) in [7, 11) is 0.805. The molecule has 18 nitrogen and oxygen atoms in total. The van der Waals surface area contributed by atoms with E-state index in [2.05, 4.69) is 49.4 Å². The maximum absolute atomic E-state index is 14.1. The summed E-state index contributed by atoms with van der Waals surface area (Å²) in [6, 6.07) is 20.3. The molecule has 6 atom stereocenters. The maximum Gasteiger partial charge on any atom is 0.527 e. The Morgan fingerprint density at radius 1 is 0.800 bits per heavy atom. The Bertz CT molecular complexity index is 2460. The van der Waals surface area contributed by atoms with Crippen LogP contribution in [0, 0.1) is 0 Å². The second-order valence-corrected chi connectivity index (χ2v) is 17.5. The van der Waals surface area contributed by atoms with Crippen molar-refractivity contribution in [1.29, 1.82) is 0 Å². The number of benzene rings is 3. The zero-order chi connectivity index (χ0) is 46.3. The second-order valence-electron chi connectivity index (χ2n) is 16.0. The van der Waals surface area contributed by atoms with Crippen LogP contribution in [-0.4, -0.2) is 120 Å². The summed E-state index contributed by atoms with van der Waals surface area (Å²) in [5.41, 5.74) is 7.47. The second kappa shape index (κ2) is 20.7. The van der Waals surface area contributed by atoms with E-state index in [9.17, 15) is 28.6 Å². The fourth-order valence-corrected chi connectivity index (χ4v) is 8.93. The minimum absolute atomic E-state index is 0.108. The van der Waals surface area contributed by atoms with Gasteiger partial charge in [0.25, 0.3) is 0 Å². The van der Waals surface area contributed by atoms with Crippen molar-refractivity contribution < 1.29 is 51.9 Å². The highest BCUT2D eigenvalue weighted by atomic mass is 31.2. The van der Waals surface area contributed by atoms with Crippen molar-refractivity contribution in [2.45, 2.75) is 75.7 Å². The molecule has 65 heavy (non-hydrogen) atoms. The van der Waals surface area contributed by atoms with Gasteiger partial charge in [0.15, 0.2) is 0 Å². The molecule has 4 N–H and O–H groups in total. The molecule has 7 rings (SSSR count). The number of imidazole rings is 1. The quantitative estimate of drug-likeness (QED) is 0.0893. The van der Waals surface area contributed by atoms with Crippen LogP contribution in [0.5, 0.6) is 5.75 Å². The van der Waals surface area contributed by atoms with Crippen LogP contribution in [0.3, 0.4) is 0 Å². The van der Waals surface area contributed by atoms with Crippen molar-refractivity contribution in [2.24, 2.45) is 4.99 Å². The molecule has 4 aromatic rings. The van der Waals surface area contributed by atoms with Crippen LogP contribution in [-0.2, 0) is 39.3 Å². The molecule has 0 radical (unpaired) electrons. The molecule has 3 aliphatic rings. The number of aromatic nitrogens is 2. The predicted molar refractivity (Wildman–Crippen MR) is 241 cm³/mol. The Balaban J connectivity index is 0.968. The minimum atomic E-state index is -4.25. The number of nitrogens with one attached hydrogen (secondary N) is 3. The van der Waals surface area contributed by atoms with E-state index in [-0.39, 0.29) is 36.1 Å². The summed E-state index contributed by atoms with van der Waals surface area (Å²) in [4.78, 5) is 78.2. The third-order valence-corrected chi connectivity index (χ3v) is 13.0. The summed E-state index contributed by atoms with van der Waals surface area (Å²) >= 11 is 0. The van der Waals surface area contributed by atoms with E-state index < -0.39 is 38.2 Å². The number of carbonyl (C=O) groups is 4. The Morgan fingerprint density at radius 3 is 2.00 bits per heavy atom. The van der Waals surface area contributed by atoms with Gasteiger partial charge >= 0.3 is 20.0 Å². The van der Waals surface area contributed by atoms with Gasteiger partial charge in [0, 0.05) is 52.1 Å². The van der Waals surface area contributed by atoms with Crippen LogP contribution >= 0.6 is 7.82 Å². The third kappa shape index (κ3) is 11.0. The number of rotatable bonds is 16. The van der Waals surface area contributed by atoms with Crippen LogP contribution in [0.2, 0.25) is 0 Å². The Morgan fingerprint density at radius 2 is 1.38 bits per heavy atom. The molecule has 2 fully saturated rings. The fourth-order valence-electron chi connectivity index (χ4n) is 8.47. The molecule has 19 heteroatoms. The standard InChI is InChI=1S/C46H54N7O11P/c1-28(60-2)41(51-46(57)62-4)44(55)52-22-6-8-39(52)36-25-34(26-47-36)32-14-12-30(13-15-32)31-16-18-33(19-17-31)38-27-48-42(49-38)40-9-7-23-53(40)43(54)37(50-45(56)61-3)24-29-10-20-35(21-11-29)64-65(58,59)63-5/h10-21,26-28,37,39-41H,6-9,22-25H2,1-5H3,(H,48,49)(H,50,56)(H,51,57)(H,58,59)/t28-,37+,39+,40+,41+/m1/s1. The number of nitrogens with zero attached hydrogens (tertiary/aromatic N) is 4. The van der Waals surface area contributed by atoms with Gasteiger partial charge in [0.05, 0.1) is 44.3 Å². The molecular formula is C46H54N7O11P. The minimum Gasteiger partial charge on any atom is -0.453 e. The molecule has 3 aromatic carbocycles. The Kier molecular flexibility index (Phi) is 14.8. The highest BCUT2D eigenvalue weighted by Crippen LogP contribution is 2.43. The van der Waals surface area contributed by atoms with Crippen LogP contribution < -0.4 is 15.2 Å². The highest BCUT2D eigenvalue weighted by Gasteiger charge is 2.40. The van der Waals surface area contributed by atoms with Gasteiger partial charge in [0.1, 0.15) is 23.7 Å². The molecule has 0 aliphatic carbocycles. The molecule has 3 aliphatic heterocycles. The number of phosphoric acid groups is 1. The van der Waals surface area contributed by atoms with E-state index in [0.717, 1.165) is 65.6 Å². The first-order valence-electron chi connectivity index (χ1n) is 21.3. The number of amides is 4. The number of methoxy groups -OCH3 is 3.